The lowest BCUT2D eigenvalue weighted by molar-refractivity contribution is -0.292. The van der Waals surface area contributed by atoms with Gasteiger partial charge in [-0.25, -0.2) is 9.78 Å². The Morgan fingerprint density at radius 1 is 1.16 bits per heavy atom. The van der Waals surface area contributed by atoms with E-state index in [1.54, 1.807) is 7.11 Å². The fraction of sp³-hybridized carbons (Fsp3) is 0.407. The zero-order valence-corrected chi connectivity index (χ0v) is 20.2. The van der Waals surface area contributed by atoms with Crippen LogP contribution in [0.5, 0.6) is 5.75 Å². The first kappa shape index (κ1) is 22.6. The van der Waals surface area contributed by atoms with Crippen molar-refractivity contribution in [2.45, 2.75) is 38.3 Å². The topological polar surface area (TPSA) is 34.2 Å². The van der Waals surface area contributed by atoms with Crippen molar-refractivity contribution in [2.24, 2.45) is 0 Å². The van der Waals surface area contributed by atoms with Crippen molar-refractivity contribution in [3.63, 3.8) is 0 Å². The summed E-state index contributed by atoms with van der Waals surface area (Å²) in [7, 11) is 9.84. The normalized spacial score (nSPS) is 23.1. The summed E-state index contributed by atoms with van der Waals surface area (Å²) in [5.74, 6) is 1.80. The Labute approximate surface area is 191 Å². The van der Waals surface area contributed by atoms with Crippen molar-refractivity contribution < 1.29 is 14.5 Å². The van der Waals surface area contributed by atoms with Crippen molar-refractivity contribution in [1.82, 2.24) is 4.90 Å². The van der Waals surface area contributed by atoms with Gasteiger partial charge in [0.15, 0.2) is 0 Å². The summed E-state index contributed by atoms with van der Waals surface area (Å²) < 4.78 is 6.51. The fourth-order valence-electron chi connectivity index (χ4n) is 4.38. The highest BCUT2D eigenvalue weighted by atomic mass is 17.2. The molecule has 0 aromatic heterocycles. The predicted octanol–water partition coefficient (Wildman–Crippen LogP) is 5.29. The molecule has 32 heavy (non-hydrogen) atoms. The minimum absolute atomic E-state index is 0.0846. The third-order valence-corrected chi connectivity index (χ3v) is 6.67. The maximum absolute atomic E-state index is 6.51. The summed E-state index contributed by atoms with van der Waals surface area (Å²) in [6.45, 7) is 4.23. The van der Waals surface area contributed by atoms with Gasteiger partial charge in [0.2, 0.25) is 0 Å². The molecule has 5 nitrogen and oxygen atoms in total. The smallest absolute Gasteiger partial charge is 0.137 e. The lowest BCUT2D eigenvalue weighted by Crippen LogP contribution is -2.39. The van der Waals surface area contributed by atoms with E-state index in [1.165, 1.54) is 16.7 Å². The molecule has 170 valence electrons. The Morgan fingerprint density at radius 2 is 1.94 bits per heavy atom. The van der Waals surface area contributed by atoms with Gasteiger partial charge >= 0.3 is 0 Å². The standard InChI is InChI=1S/C27H34N2O3/c1-18(32-30-7)19-9-8-10-20(15-19)26-22-12-11-21(28(3)4)16-24(22)31-25-17-27(2,29(5)6)14-13-23(25)26/h10-18H,8-9H2,1-7H3. The number of rotatable bonds is 6. The summed E-state index contributed by atoms with van der Waals surface area (Å²) in [5.41, 5.74) is 6.80. The Hall–Kier alpha value is -2.60. The molecule has 3 aliphatic rings. The third kappa shape index (κ3) is 4.08. The van der Waals surface area contributed by atoms with E-state index in [1.807, 2.05) is 21.0 Å². The summed E-state index contributed by atoms with van der Waals surface area (Å²) in [5, 5.41) is 0. The molecule has 1 heterocycles. The van der Waals surface area contributed by atoms with Crippen LogP contribution in [0.25, 0.3) is 5.57 Å². The highest BCUT2D eigenvalue weighted by Gasteiger charge is 2.33. The SMILES string of the molecule is COOC(C)C1=CC(C2=C3C=CC(C)(N(C)C)C=C3Oc3cc(N(C)C)ccc32)=CCC1. The van der Waals surface area contributed by atoms with Crippen LogP contribution in [0.1, 0.15) is 32.3 Å². The molecule has 2 unspecified atom stereocenters. The number of benzene rings is 1. The van der Waals surface area contributed by atoms with Gasteiger partial charge in [-0.3, -0.25) is 4.90 Å². The molecule has 0 fully saturated rings. The number of anilines is 1. The Morgan fingerprint density at radius 3 is 2.62 bits per heavy atom. The van der Waals surface area contributed by atoms with E-state index >= 15 is 0 Å². The molecule has 1 aromatic carbocycles. The van der Waals surface area contributed by atoms with E-state index in [2.05, 4.69) is 79.4 Å². The minimum Gasteiger partial charge on any atom is -0.456 e. The van der Waals surface area contributed by atoms with Crippen LogP contribution in [0.15, 0.2) is 71.1 Å². The molecule has 0 spiro atoms. The van der Waals surface area contributed by atoms with Crippen molar-refractivity contribution in [3.05, 3.63) is 76.6 Å². The molecule has 0 saturated carbocycles. The Balaban J connectivity index is 1.88. The van der Waals surface area contributed by atoms with Crippen LogP contribution in [0.2, 0.25) is 0 Å². The van der Waals surface area contributed by atoms with E-state index in [-0.39, 0.29) is 11.6 Å². The second-order valence-corrected chi connectivity index (χ2v) is 9.25. The zero-order valence-electron chi connectivity index (χ0n) is 20.2. The van der Waals surface area contributed by atoms with Crippen LogP contribution in [-0.4, -0.2) is 51.8 Å². The maximum Gasteiger partial charge on any atom is 0.137 e. The van der Waals surface area contributed by atoms with Crippen molar-refractivity contribution in [1.29, 1.82) is 0 Å². The highest BCUT2D eigenvalue weighted by Crippen LogP contribution is 2.47. The van der Waals surface area contributed by atoms with Gasteiger partial charge < -0.3 is 9.64 Å². The molecule has 1 aromatic rings. The first-order chi connectivity index (χ1) is 15.2. The monoisotopic (exact) mass is 434 g/mol. The van der Waals surface area contributed by atoms with Gasteiger partial charge in [0.25, 0.3) is 0 Å². The molecule has 2 aliphatic carbocycles. The Kier molecular flexibility index (Phi) is 6.17. The van der Waals surface area contributed by atoms with Gasteiger partial charge in [-0.05, 0) is 70.1 Å². The highest BCUT2D eigenvalue weighted by molar-refractivity contribution is 5.93. The molecule has 2 atom stereocenters. The van der Waals surface area contributed by atoms with Crippen molar-refractivity contribution in [2.75, 3.05) is 40.2 Å². The molecular formula is C27H34N2O3. The molecule has 0 N–H and O–H groups in total. The summed E-state index contributed by atoms with van der Waals surface area (Å²) >= 11 is 0. The van der Waals surface area contributed by atoms with Gasteiger partial charge in [0.1, 0.15) is 17.6 Å². The molecule has 5 heteroatoms. The largest absolute Gasteiger partial charge is 0.456 e. The van der Waals surface area contributed by atoms with Crippen LogP contribution in [-0.2, 0) is 9.78 Å². The lowest BCUT2D eigenvalue weighted by Gasteiger charge is -2.37. The number of likely N-dealkylation sites (N-methyl/N-ethyl adjacent to an activating group) is 1. The number of nitrogens with zero attached hydrogens (tertiary/aromatic N) is 2. The molecule has 0 saturated heterocycles. The van der Waals surface area contributed by atoms with E-state index < -0.39 is 0 Å². The number of allylic oxidation sites excluding steroid dienone is 5. The van der Waals surface area contributed by atoms with Crippen LogP contribution >= 0.6 is 0 Å². The van der Waals surface area contributed by atoms with Gasteiger partial charge in [-0.15, -0.1) is 0 Å². The molecular weight excluding hydrogens is 400 g/mol. The molecule has 4 rings (SSSR count). The van der Waals surface area contributed by atoms with Crippen LogP contribution < -0.4 is 9.64 Å². The number of hydrogen-bond acceptors (Lipinski definition) is 5. The average Bonchev–Trinajstić information content (AvgIpc) is 2.77. The van der Waals surface area contributed by atoms with Crippen molar-refractivity contribution >= 4 is 11.3 Å². The average molecular weight is 435 g/mol. The quantitative estimate of drug-likeness (QED) is 0.449. The number of ether oxygens (including phenoxy) is 1. The zero-order chi connectivity index (χ0) is 23.0. The second kappa shape index (κ2) is 8.74. The number of hydrogen-bond donors (Lipinski definition) is 0. The summed E-state index contributed by atoms with van der Waals surface area (Å²) in [6.07, 6.45) is 13.1. The first-order valence-electron chi connectivity index (χ1n) is 11.2. The minimum atomic E-state index is -0.205. The summed E-state index contributed by atoms with van der Waals surface area (Å²) in [6, 6.07) is 6.46. The van der Waals surface area contributed by atoms with E-state index in [4.69, 9.17) is 14.5 Å². The third-order valence-electron chi connectivity index (χ3n) is 6.67. The lowest BCUT2D eigenvalue weighted by atomic mass is 9.81. The van der Waals surface area contributed by atoms with Crippen molar-refractivity contribution in [3.8, 4) is 5.75 Å². The van der Waals surface area contributed by atoms with Gasteiger partial charge in [0, 0.05) is 42.6 Å². The van der Waals surface area contributed by atoms with Crippen LogP contribution in [0.4, 0.5) is 5.69 Å². The van der Waals surface area contributed by atoms with Gasteiger partial charge in [-0.2, -0.15) is 0 Å². The first-order valence-corrected chi connectivity index (χ1v) is 11.2. The van der Waals surface area contributed by atoms with Crippen LogP contribution in [0, 0.1) is 0 Å². The predicted molar refractivity (Wildman–Crippen MR) is 131 cm³/mol. The van der Waals surface area contributed by atoms with E-state index in [9.17, 15) is 0 Å². The second-order valence-electron chi connectivity index (χ2n) is 9.25. The van der Waals surface area contributed by atoms with E-state index in [0.717, 1.165) is 41.2 Å². The van der Waals surface area contributed by atoms with Crippen LogP contribution in [0.3, 0.4) is 0 Å². The fourth-order valence-corrected chi connectivity index (χ4v) is 4.38. The molecule has 1 aliphatic heterocycles. The summed E-state index contributed by atoms with van der Waals surface area (Å²) in [4.78, 5) is 14.7. The van der Waals surface area contributed by atoms with Gasteiger partial charge in [-0.1, -0.05) is 24.3 Å². The molecule has 0 radical (unpaired) electrons. The van der Waals surface area contributed by atoms with Gasteiger partial charge in [0.05, 0.1) is 12.6 Å². The maximum atomic E-state index is 6.51. The molecule has 0 amide bonds. The Bertz CT molecular complexity index is 1060. The molecule has 0 bridgehead atoms. The number of fused-ring (bicyclic) bond motifs is 2. The van der Waals surface area contributed by atoms with E-state index in [0.29, 0.717) is 0 Å².